The molecular formula is C17H16Br4O5. The molecule has 0 aliphatic heterocycles. The van der Waals surface area contributed by atoms with Crippen LogP contribution < -0.4 is 0 Å². The summed E-state index contributed by atoms with van der Waals surface area (Å²) in [6.45, 7) is 4.04. The van der Waals surface area contributed by atoms with Crippen LogP contribution in [-0.4, -0.2) is 26.5 Å². The van der Waals surface area contributed by atoms with Crippen LogP contribution in [0.15, 0.2) is 24.0 Å². The first-order chi connectivity index (χ1) is 12.1. The maximum absolute atomic E-state index is 10.1. The predicted molar refractivity (Wildman–Crippen MR) is 113 cm³/mol. The maximum Gasteiger partial charge on any atom is 0.174 e. The van der Waals surface area contributed by atoms with Gasteiger partial charge in [0.05, 0.1) is 26.1 Å². The van der Waals surface area contributed by atoms with Crippen LogP contribution in [0.3, 0.4) is 0 Å². The Kier molecular flexibility index (Phi) is 7.29. The molecule has 26 heavy (non-hydrogen) atoms. The van der Waals surface area contributed by atoms with E-state index >= 15 is 0 Å². The highest BCUT2D eigenvalue weighted by Gasteiger charge is 2.23. The Morgan fingerprint density at radius 3 is 1.92 bits per heavy atom. The van der Waals surface area contributed by atoms with Gasteiger partial charge in [0, 0.05) is 10.9 Å². The number of hydrogen-bond donors (Lipinski definition) is 4. The quantitative estimate of drug-likeness (QED) is 0.241. The maximum atomic E-state index is 10.1. The lowest BCUT2D eigenvalue weighted by molar-refractivity contribution is 0.0651. The smallest absolute Gasteiger partial charge is 0.174 e. The van der Waals surface area contributed by atoms with Crippen molar-refractivity contribution >= 4 is 63.7 Å². The second-order valence-electron chi connectivity index (χ2n) is 5.85. The minimum atomic E-state index is -0.297. The van der Waals surface area contributed by atoms with Crippen molar-refractivity contribution in [3.8, 4) is 23.0 Å². The third-order valence-electron chi connectivity index (χ3n) is 3.70. The number of hydrogen-bond acceptors (Lipinski definition) is 5. The molecule has 4 N–H and O–H groups in total. The van der Waals surface area contributed by atoms with E-state index in [1.54, 1.807) is 0 Å². The van der Waals surface area contributed by atoms with Gasteiger partial charge in [-0.3, -0.25) is 0 Å². The Balaban J connectivity index is 2.61. The van der Waals surface area contributed by atoms with Crippen LogP contribution >= 0.6 is 63.7 Å². The van der Waals surface area contributed by atoms with Gasteiger partial charge >= 0.3 is 0 Å². The van der Waals surface area contributed by atoms with Crippen molar-refractivity contribution in [1.29, 1.82) is 0 Å². The SMILES string of the molecule is CC(C)OCc1cc(O)c(O)c(Br)c1Cc1c(Br)c(O)c(O)c(Br)c1Br. The fourth-order valence-corrected chi connectivity index (χ4v) is 4.65. The molecule has 0 fully saturated rings. The molecule has 142 valence electrons. The minimum absolute atomic E-state index is 0.0112. The van der Waals surface area contributed by atoms with Crippen molar-refractivity contribution in [2.45, 2.75) is 33.0 Å². The second-order valence-corrected chi connectivity index (χ2v) is 9.02. The average Bonchev–Trinajstić information content (AvgIpc) is 2.59. The van der Waals surface area contributed by atoms with E-state index in [9.17, 15) is 20.4 Å². The van der Waals surface area contributed by atoms with Crippen molar-refractivity contribution in [1.82, 2.24) is 0 Å². The summed E-state index contributed by atoms with van der Waals surface area (Å²) in [7, 11) is 0. The molecule has 2 aromatic rings. The van der Waals surface area contributed by atoms with E-state index in [1.807, 2.05) is 13.8 Å². The first kappa shape index (κ1) is 21.8. The van der Waals surface area contributed by atoms with Crippen LogP contribution in [0.1, 0.15) is 30.5 Å². The summed E-state index contributed by atoms with van der Waals surface area (Å²) < 4.78 is 7.17. The Hall–Kier alpha value is -0.480. The Morgan fingerprint density at radius 2 is 1.35 bits per heavy atom. The molecule has 0 saturated heterocycles. The molecule has 9 heteroatoms. The van der Waals surface area contributed by atoms with Gasteiger partial charge in [-0.05, 0) is 100 Å². The van der Waals surface area contributed by atoms with Crippen LogP contribution in [0.25, 0.3) is 0 Å². The molecule has 0 aliphatic rings. The first-order valence-corrected chi connectivity index (χ1v) is 10.6. The van der Waals surface area contributed by atoms with Crippen LogP contribution in [0.5, 0.6) is 23.0 Å². The van der Waals surface area contributed by atoms with E-state index in [0.29, 0.717) is 34.6 Å². The van der Waals surface area contributed by atoms with Gasteiger partial charge in [0.2, 0.25) is 0 Å². The lowest BCUT2D eigenvalue weighted by Crippen LogP contribution is -2.06. The summed E-state index contributed by atoms with van der Waals surface area (Å²) in [4.78, 5) is 0. The standard InChI is InChI=1S/C17H16Br4O5/c1-6(2)26-5-7-3-10(22)15(23)12(19)8(7)4-9-11(18)14(21)17(25)16(24)13(9)20/h3,6,22-25H,4-5H2,1-2H3. The van der Waals surface area contributed by atoms with Gasteiger partial charge in [-0.1, -0.05) is 0 Å². The molecule has 0 bridgehead atoms. The number of ether oxygens (including phenoxy) is 1. The van der Waals surface area contributed by atoms with Crippen LogP contribution in [-0.2, 0) is 17.8 Å². The van der Waals surface area contributed by atoms with Crippen molar-refractivity contribution < 1.29 is 25.2 Å². The van der Waals surface area contributed by atoms with Gasteiger partial charge in [-0.25, -0.2) is 0 Å². The monoisotopic (exact) mass is 616 g/mol. The topological polar surface area (TPSA) is 90.2 Å². The summed E-state index contributed by atoms with van der Waals surface area (Å²) in [6, 6.07) is 1.45. The summed E-state index contributed by atoms with van der Waals surface area (Å²) in [6.07, 6.45) is 0.265. The molecule has 0 unspecified atom stereocenters. The van der Waals surface area contributed by atoms with Crippen molar-refractivity contribution in [3.05, 3.63) is 40.6 Å². The van der Waals surface area contributed by atoms with Gasteiger partial charge in [0.15, 0.2) is 23.0 Å². The van der Waals surface area contributed by atoms with E-state index in [0.717, 1.165) is 0 Å². The molecule has 0 radical (unpaired) electrons. The van der Waals surface area contributed by atoms with Gasteiger partial charge < -0.3 is 25.2 Å². The highest BCUT2D eigenvalue weighted by molar-refractivity contribution is 9.13. The number of phenols is 4. The fraction of sp³-hybridized carbons (Fsp3) is 0.294. The van der Waals surface area contributed by atoms with Gasteiger partial charge in [-0.2, -0.15) is 0 Å². The molecule has 0 atom stereocenters. The zero-order valence-electron chi connectivity index (χ0n) is 13.8. The van der Waals surface area contributed by atoms with Gasteiger partial charge in [-0.15, -0.1) is 0 Å². The molecule has 0 amide bonds. The van der Waals surface area contributed by atoms with Crippen LogP contribution in [0.2, 0.25) is 0 Å². The number of phenolic OH excluding ortho intramolecular Hbond substituents is 4. The zero-order chi connectivity index (χ0) is 19.8. The fourth-order valence-electron chi connectivity index (χ4n) is 2.31. The molecule has 0 aromatic heterocycles. The first-order valence-electron chi connectivity index (χ1n) is 7.47. The summed E-state index contributed by atoms with van der Waals surface area (Å²) in [5.41, 5.74) is 2.01. The van der Waals surface area contributed by atoms with Gasteiger partial charge in [0.25, 0.3) is 0 Å². The molecule has 0 saturated carbocycles. The zero-order valence-corrected chi connectivity index (χ0v) is 20.1. The lowest BCUT2D eigenvalue weighted by atomic mass is 9.98. The third kappa shape index (κ3) is 4.32. The van der Waals surface area contributed by atoms with E-state index < -0.39 is 0 Å². The van der Waals surface area contributed by atoms with Gasteiger partial charge in [0.1, 0.15) is 0 Å². The Morgan fingerprint density at radius 1 is 0.808 bits per heavy atom. The van der Waals surface area contributed by atoms with E-state index in [2.05, 4.69) is 63.7 Å². The Labute approximate surface area is 184 Å². The molecule has 5 nitrogen and oxygen atoms in total. The summed E-state index contributed by atoms with van der Waals surface area (Å²) in [5.74, 6) is -1.11. The predicted octanol–water partition coefficient (Wildman–Crippen LogP) is 6.07. The van der Waals surface area contributed by atoms with Crippen LogP contribution in [0, 0.1) is 0 Å². The van der Waals surface area contributed by atoms with Crippen molar-refractivity contribution in [3.63, 3.8) is 0 Å². The second kappa shape index (κ2) is 8.68. The number of aromatic hydroxyl groups is 4. The van der Waals surface area contributed by atoms with E-state index in [-0.39, 0.29) is 42.1 Å². The van der Waals surface area contributed by atoms with Crippen LogP contribution in [0.4, 0.5) is 0 Å². The van der Waals surface area contributed by atoms with E-state index in [4.69, 9.17) is 4.74 Å². The molecule has 0 heterocycles. The number of benzene rings is 2. The van der Waals surface area contributed by atoms with Crippen molar-refractivity contribution in [2.24, 2.45) is 0 Å². The molecule has 2 aromatic carbocycles. The van der Waals surface area contributed by atoms with Crippen molar-refractivity contribution in [2.75, 3.05) is 0 Å². The largest absolute Gasteiger partial charge is 0.504 e. The molecule has 0 spiro atoms. The highest BCUT2D eigenvalue weighted by atomic mass is 79.9. The van der Waals surface area contributed by atoms with E-state index in [1.165, 1.54) is 6.07 Å². The summed E-state index contributed by atoms with van der Waals surface area (Å²) >= 11 is 13.3. The third-order valence-corrected chi connectivity index (χ3v) is 7.59. The highest BCUT2D eigenvalue weighted by Crippen LogP contribution is 2.49. The molecular weight excluding hydrogens is 604 g/mol. The minimum Gasteiger partial charge on any atom is -0.504 e. The lowest BCUT2D eigenvalue weighted by Gasteiger charge is -2.18. The average molecular weight is 620 g/mol. The number of rotatable bonds is 5. The molecule has 2 rings (SSSR count). The Bertz CT molecular complexity index is 823. The number of halogens is 4. The summed E-state index contributed by atoms with van der Waals surface area (Å²) in [5, 5.41) is 40.1. The normalized spacial score (nSPS) is 11.3. The molecule has 0 aliphatic carbocycles.